The maximum absolute atomic E-state index is 13.8. The molecule has 0 radical (unpaired) electrons. The molecule has 4 aromatic rings. The van der Waals surface area contributed by atoms with E-state index in [0.29, 0.717) is 43.4 Å². The Morgan fingerprint density at radius 1 is 0.951 bits per heavy atom. The van der Waals surface area contributed by atoms with Crippen molar-refractivity contribution in [2.75, 3.05) is 45.3 Å². The standard InChI is InChI=1S/C32H34F3N3O3/c1-4-21-7-5-10-27-29(20-36-31(21)27)28(22-15-25(40-2)18-26(16-22)41-3)19-30(39)38-13-11-37(12-14-38)24-9-6-8-23(17-24)32(33,34)35/h5-10,15-18,20,28,36H,4,11-14,19H2,1-3H3. The first kappa shape index (κ1) is 28.4. The van der Waals surface area contributed by atoms with Crippen LogP contribution in [0.3, 0.4) is 0 Å². The number of piperazine rings is 1. The van der Waals surface area contributed by atoms with Gasteiger partial charge in [0, 0.05) is 67.4 Å². The van der Waals surface area contributed by atoms with Gasteiger partial charge in [-0.15, -0.1) is 0 Å². The molecule has 1 aliphatic heterocycles. The molecule has 41 heavy (non-hydrogen) atoms. The lowest BCUT2D eigenvalue weighted by molar-refractivity contribution is -0.137. The van der Waals surface area contributed by atoms with Gasteiger partial charge in [0.25, 0.3) is 0 Å². The third kappa shape index (κ3) is 5.99. The summed E-state index contributed by atoms with van der Waals surface area (Å²) in [7, 11) is 3.20. The minimum atomic E-state index is -4.40. The molecule has 1 aromatic heterocycles. The molecule has 1 N–H and O–H groups in total. The summed E-state index contributed by atoms with van der Waals surface area (Å²) in [6, 6.07) is 17.2. The summed E-state index contributed by atoms with van der Waals surface area (Å²) in [5, 5.41) is 1.07. The number of fused-ring (bicyclic) bond motifs is 1. The lowest BCUT2D eigenvalue weighted by atomic mass is 9.87. The molecule has 0 spiro atoms. The van der Waals surface area contributed by atoms with E-state index in [9.17, 15) is 18.0 Å². The highest BCUT2D eigenvalue weighted by molar-refractivity contribution is 5.88. The largest absolute Gasteiger partial charge is 0.497 e. The van der Waals surface area contributed by atoms with Gasteiger partial charge < -0.3 is 24.3 Å². The van der Waals surface area contributed by atoms with Crippen LogP contribution in [0.2, 0.25) is 0 Å². The van der Waals surface area contributed by atoms with E-state index in [1.54, 1.807) is 31.3 Å². The third-order valence-electron chi connectivity index (χ3n) is 7.92. The van der Waals surface area contributed by atoms with Gasteiger partial charge in [0.1, 0.15) is 11.5 Å². The molecule has 0 saturated carbocycles. The van der Waals surface area contributed by atoms with Crippen molar-refractivity contribution in [2.24, 2.45) is 0 Å². The average molecular weight is 566 g/mol. The molecule has 1 amide bonds. The molecule has 0 bridgehead atoms. The maximum atomic E-state index is 13.8. The highest BCUT2D eigenvalue weighted by Gasteiger charge is 2.32. The molecular weight excluding hydrogens is 531 g/mol. The fourth-order valence-electron chi connectivity index (χ4n) is 5.66. The molecule has 1 aliphatic rings. The van der Waals surface area contributed by atoms with E-state index in [1.807, 2.05) is 29.3 Å². The van der Waals surface area contributed by atoms with Crippen molar-refractivity contribution in [1.82, 2.24) is 9.88 Å². The Labute approximate surface area is 237 Å². The first-order chi connectivity index (χ1) is 19.7. The van der Waals surface area contributed by atoms with Gasteiger partial charge in [0.2, 0.25) is 5.91 Å². The number of para-hydroxylation sites is 1. The fourth-order valence-corrected chi connectivity index (χ4v) is 5.66. The van der Waals surface area contributed by atoms with E-state index in [-0.39, 0.29) is 18.2 Å². The van der Waals surface area contributed by atoms with Crippen molar-refractivity contribution in [3.8, 4) is 11.5 Å². The van der Waals surface area contributed by atoms with Crippen LogP contribution in [0.5, 0.6) is 11.5 Å². The molecule has 3 aromatic carbocycles. The van der Waals surface area contributed by atoms with Gasteiger partial charge in [-0.3, -0.25) is 4.79 Å². The molecule has 1 saturated heterocycles. The number of benzene rings is 3. The quantitative estimate of drug-likeness (QED) is 0.260. The van der Waals surface area contributed by atoms with Gasteiger partial charge in [-0.25, -0.2) is 0 Å². The molecule has 2 heterocycles. The average Bonchev–Trinajstić information content (AvgIpc) is 3.43. The van der Waals surface area contributed by atoms with Crippen molar-refractivity contribution in [2.45, 2.75) is 31.9 Å². The third-order valence-corrected chi connectivity index (χ3v) is 7.92. The molecular formula is C32H34F3N3O3. The van der Waals surface area contributed by atoms with Crippen LogP contribution >= 0.6 is 0 Å². The maximum Gasteiger partial charge on any atom is 0.416 e. The lowest BCUT2D eigenvalue weighted by Gasteiger charge is -2.37. The highest BCUT2D eigenvalue weighted by Crippen LogP contribution is 2.38. The van der Waals surface area contributed by atoms with Crippen molar-refractivity contribution in [3.05, 3.63) is 89.1 Å². The summed E-state index contributed by atoms with van der Waals surface area (Å²) in [4.78, 5) is 20.9. The van der Waals surface area contributed by atoms with E-state index in [4.69, 9.17) is 9.47 Å². The van der Waals surface area contributed by atoms with Gasteiger partial charge >= 0.3 is 6.18 Å². The summed E-state index contributed by atoms with van der Waals surface area (Å²) in [6.07, 6.45) is -1.31. The number of alkyl halides is 3. The number of carbonyl (C=O) groups excluding carboxylic acids is 1. The van der Waals surface area contributed by atoms with Crippen LogP contribution in [0.25, 0.3) is 10.9 Å². The Bertz CT molecular complexity index is 1500. The van der Waals surface area contributed by atoms with E-state index in [1.165, 1.54) is 17.7 Å². The SMILES string of the molecule is CCc1cccc2c(C(CC(=O)N3CCN(c4cccc(C(F)(F)F)c4)CC3)c3cc(OC)cc(OC)c3)c[nH]c12. The second-order valence-corrected chi connectivity index (χ2v) is 10.3. The second kappa shape index (κ2) is 11.8. The van der Waals surface area contributed by atoms with Crippen LogP contribution in [0.4, 0.5) is 18.9 Å². The Morgan fingerprint density at radius 3 is 2.27 bits per heavy atom. The van der Waals surface area contributed by atoms with Crippen LogP contribution in [0, 0.1) is 0 Å². The molecule has 5 rings (SSSR count). The number of anilines is 1. The molecule has 1 unspecified atom stereocenters. The van der Waals surface area contributed by atoms with Crippen LogP contribution in [0.15, 0.2) is 66.9 Å². The number of nitrogens with zero attached hydrogens (tertiary/aromatic N) is 2. The number of aromatic nitrogens is 1. The number of aryl methyl sites for hydroxylation is 1. The number of methoxy groups -OCH3 is 2. The van der Waals surface area contributed by atoms with Crippen molar-refractivity contribution in [1.29, 1.82) is 0 Å². The van der Waals surface area contributed by atoms with Crippen LogP contribution < -0.4 is 14.4 Å². The summed E-state index contributed by atoms with van der Waals surface area (Å²) < 4.78 is 50.7. The predicted molar refractivity (Wildman–Crippen MR) is 154 cm³/mol. The number of ether oxygens (including phenoxy) is 2. The van der Waals surface area contributed by atoms with Crippen LogP contribution in [-0.4, -0.2) is 56.2 Å². The second-order valence-electron chi connectivity index (χ2n) is 10.3. The van der Waals surface area contributed by atoms with Crippen molar-refractivity contribution < 1.29 is 27.4 Å². The smallest absolute Gasteiger partial charge is 0.416 e. The number of aromatic amines is 1. The van der Waals surface area contributed by atoms with E-state index in [2.05, 4.69) is 24.0 Å². The Morgan fingerprint density at radius 2 is 1.63 bits per heavy atom. The van der Waals surface area contributed by atoms with Crippen LogP contribution in [0.1, 0.15) is 41.5 Å². The van der Waals surface area contributed by atoms with E-state index in [0.717, 1.165) is 34.5 Å². The molecule has 1 fully saturated rings. The number of hydrogen-bond donors (Lipinski definition) is 1. The number of hydrogen-bond acceptors (Lipinski definition) is 4. The number of rotatable bonds is 8. The topological polar surface area (TPSA) is 57.8 Å². The fraction of sp³-hybridized carbons (Fsp3) is 0.344. The molecule has 6 nitrogen and oxygen atoms in total. The zero-order valence-corrected chi connectivity index (χ0v) is 23.4. The molecule has 0 aliphatic carbocycles. The normalized spacial score (nSPS) is 14.8. The first-order valence-corrected chi connectivity index (χ1v) is 13.7. The predicted octanol–water partition coefficient (Wildman–Crippen LogP) is 6.64. The summed E-state index contributed by atoms with van der Waals surface area (Å²) in [6.45, 7) is 3.88. The summed E-state index contributed by atoms with van der Waals surface area (Å²) in [5.41, 5.74) is 4.02. The van der Waals surface area contributed by atoms with Gasteiger partial charge in [-0.1, -0.05) is 31.2 Å². The summed E-state index contributed by atoms with van der Waals surface area (Å²) >= 11 is 0. The summed E-state index contributed by atoms with van der Waals surface area (Å²) in [5.74, 6) is 0.997. The number of carbonyl (C=O) groups is 1. The Kier molecular flexibility index (Phi) is 8.15. The van der Waals surface area contributed by atoms with Crippen LogP contribution in [-0.2, 0) is 17.4 Å². The molecule has 216 valence electrons. The number of H-pyrrole nitrogens is 1. The number of amides is 1. The van der Waals surface area contributed by atoms with Gasteiger partial charge in [-0.05, 0) is 53.4 Å². The number of nitrogens with one attached hydrogen (secondary N) is 1. The highest BCUT2D eigenvalue weighted by atomic mass is 19.4. The number of halogens is 3. The van der Waals surface area contributed by atoms with Crippen molar-refractivity contribution in [3.63, 3.8) is 0 Å². The monoisotopic (exact) mass is 565 g/mol. The Hall–Kier alpha value is -4.14. The Balaban J connectivity index is 1.40. The van der Waals surface area contributed by atoms with E-state index < -0.39 is 11.7 Å². The van der Waals surface area contributed by atoms with Gasteiger partial charge in [0.15, 0.2) is 0 Å². The first-order valence-electron chi connectivity index (χ1n) is 13.7. The van der Waals surface area contributed by atoms with Gasteiger partial charge in [-0.2, -0.15) is 13.2 Å². The molecule has 1 atom stereocenters. The zero-order valence-electron chi connectivity index (χ0n) is 23.4. The minimum Gasteiger partial charge on any atom is -0.497 e. The van der Waals surface area contributed by atoms with Crippen molar-refractivity contribution >= 4 is 22.5 Å². The van der Waals surface area contributed by atoms with Gasteiger partial charge in [0.05, 0.1) is 19.8 Å². The lowest BCUT2D eigenvalue weighted by Crippen LogP contribution is -2.49. The molecule has 9 heteroatoms. The minimum absolute atomic E-state index is 0.0125. The van der Waals surface area contributed by atoms with E-state index >= 15 is 0 Å². The zero-order chi connectivity index (χ0) is 29.1.